The second-order valence-electron chi connectivity index (χ2n) is 7.80. The summed E-state index contributed by atoms with van der Waals surface area (Å²) in [7, 11) is 0. The highest BCUT2D eigenvalue weighted by Gasteiger charge is 2.29. The molecular weight excluding hydrogens is 356 g/mol. The third-order valence-corrected chi connectivity index (χ3v) is 6.04. The molecule has 3 N–H and O–H groups in total. The van der Waals surface area contributed by atoms with E-state index in [4.69, 9.17) is 4.99 Å². The molecule has 1 aliphatic heterocycles. The molecule has 0 spiro atoms. The molecule has 0 bridgehead atoms. The Morgan fingerprint density at radius 1 is 1.33 bits per heavy atom. The van der Waals surface area contributed by atoms with Gasteiger partial charge in [0.25, 0.3) is 0 Å². The number of hydrogen-bond acceptors (Lipinski definition) is 3. The van der Waals surface area contributed by atoms with Gasteiger partial charge in [0.1, 0.15) is 0 Å². The van der Waals surface area contributed by atoms with Crippen LogP contribution in [0.15, 0.2) is 29.3 Å². The zero-order valence-electron chi connectivity index (χ0n) is 17.1. The van der Waals surface area contributed by atoms with Crippen LogP contribution in [-0.4, -0.2) is 35.5 Å². The molecule has 1 amide bonds. The first-order valence-corrected chi connectivity index (χ1v) is 10.9. The van der Waals surface area contributed by atoms with Crippen LogP contribution in [0.3, 0.4) is 0 Å². The molecule has 1 aromatic carbocycles. The van der Waals surface area contributed by atoms with Crippen molar-refractivity contribution < 1.29 is 4.79 Å². The molecule has 1 heterocycles. The number of carbonyl (C=O) groups excluding carboxylic acids is 1. The molecule has 0 saturated carbocycles. The van der Waals surface area contributed by atoms with Crippen molar-refractivity contribution in [2.45, 2.75) is 58.2 Å². The van der Waals surface area contributed by atoms with E-state index in [1.807, 2.05) is 49.9 Å². The smallest absolute Gasteiger partial charge is 0.224 e. The normalized spacial score (nSPS) is 20.0. The van der Waals surface area contributed by atoms with E-state index < -0.39 is 0 Å². The quantitative estimate of drug-likeness (QED) is 0.463. The molecule has 1 aromatic rings. The van der Waals surface area contributed by atoms with Crippen molar-refractivity contribution in [1.82, 2.24) is 10.6 Å². The molecule has 0 radical (unpaired) electrons. The maximum absolute atomic E-state index is 12.0. The van der Waals surface area contributed by atoms with Crippen molar-refractivity contribution in [3.8, 4) is 0 Å². The number of anilines is 1. The summed E-state index contributed by atoms with van der Waals surface area (Å²) in [5, 5.41) is 9.78. The standard InChI is InChI=1S/C21H34N4OS/c1-5-22-20(24-15-21(4)10-7-11-27-21)23-14-17-8-6-9-18(13-17)25-19(26)12-16(2)3/h6,8-9,13,16H,5,7,10-12,14-15H2,1-4H3,(H,25,26)(H2,22,23,24). The summed E-state index contributed by atoms with van der Waals surface area (Å²) in [5.74, 6) is 2.51. The fourth-order valence-electron chi connectivity index (χ4n) is 3.09. The monoisotopic (exact) mass is 390 g/mol. The van der Waals surface area contributed by atoms with Crippen LogP contribution in [-0.2, 0) is 11.3 Å². The summed E-state index contributed by atoms with van der Waals surface area (Å²) in [6, 6.07) is 7.93. The molecule has 27 heavy (non-hydrogen) atoms. The lowest BCUT2D eigenvalue weighted by atomic mass is 10.1. The van der Waals surface area contributed by atoms with Gasteiger partial charge in [0.2, 0.25) is 5.91 Å². The third-order valence-electron chi connectivity index (χ3n) is 4.50. The van der Waals surface area contributed by atoms with E-state index in [1.165, 1.54) is 18.6 Å². The van der Waals surface area contributed by atoms with Crippen LogP contribution in [0.4, 0.5) is 5.69 Å². The molecule has 150 valence electrons. The predicted octanol–water partition coefficient (Wildman–Crippen LogP) is 4.01. The second kappa shape index (κ2) is 10.6. The minimum Gasteiger partial charge on any atom is -0.357 e. The fourth-order valence-corrected chi connectivity index (χ4v) is 4.33. The summed E-state index contributed by atoms with van der Waals surface area (Å²) in [6.45, 7) is 10.8. The molecule has 0 aromatic heterocycles. The van der Waals surface area contributed by atoms with E-state index in [1.54, 1.807) is 0 Å². The Kier molecular flexibility index (Phi) is 8.48. The highest BCUT2D eigenvalue weighted by atomic mass is 32.2. The van der Waals surface area contributed by atoms with Gasteiger partial charge in [-0.2, -0.15) is 11.8 Å². The van der Waals surface area contributed by atoms with Crippen LogP contribution in [0.5, 0.6) is 0 Å². The van der Waals surface area contributed by atoms with Crippen LogP contribution in [0, 0.1) is 5.92 Å². The maximum atomic E-state index is 12.0. The van der Waals surface area contributed by atoms with Gasteiger partial charge in [-0.05, 0) is 56.1 Å². The highest BCUT2D eigenvalue weighted by Crippen LogP contribution is 2.36. The third kappa shape index (κ3) is 7.83. The topological polar surface area (TPSA) is 65.5 Å². The van der Waals surface area contributed by atoms with Crippen molar-refractivity contribution in [1.29, 1.82) is 0 Å². The molecule has 1 fully saturated rings. The molecule has 1 unspecified atom stereocenters. The van der Waals surface area contributed by atoms with Gasteiger partial charge in [0.15, 0.2) is 5.96 Å². The molecule has 6 heteroatoms. The van der Waals surface area contributed by atoms with E-state index in [2.05, 4.69) is 29.8 Å². The minimum atomic E-state index is 0.0583. The number of carbonyl (C=O) groups is 1. The lowest BCUT2D eigenvalue weighted by Crippen LogP contribution is -2.43. The van der Waals surface area contributed by atoms with Crippen molar-refractivity contribution in [2.75, 3.05) is 24.2 Å². The molecule has 1 saturated heterocycles. The average Bonchev–Trinajstić information content (AvgIpc) is 3.04. The molecule has 1 atom stereocenters. The number of hydrogen-bond donors (Lipinski definition) is 3. The van der Waals surface area contributed by atoms with Gasteiger partial charge < -0.3 is 16.0 Å². The first kappa shape index (κ1) is 21.6. The predicted molar refractivity (Wildman–Crippen MR) is 117 cm³/mol. The Labute approximate surface area is 168 Å². The number of amides is 1. The van der Waals surface area contributed by atoms with Gasteiger partial charge in [0.05, 0.1) is 6.54 Å². The number of guanidine groups is 1. The number of nitrogens with one attached hydrogen (secondary N) is 3. The van der Waals surface area contributed by atoms with Crippen molar-refractivity contribution >= 4 is 29.3 Å². The van der Waals surface area contributed by atoms with Crippen molar-refractivity contribution in [2.24, 2.45) is 10.9 Å². The van der Waals surface area contributed by atoms with Crippen LogP contribution in [0.1, 0.15) is 52.5 Å². The zero-order valence-corrected chi connectivity index (χ0v) is 17.9. The first-order valence-electron chi connectivity index (χ1n) is 9.95. The summed E-state index contributed by atoms with van der Waals surface area (Å²) in [4.78, 5) is 16.7. The summed E-state index contributed by atoms with van der Waals surface area (Å²) in [5.41, 5.74) is 1.91. The van der Waals surface area contributed by atoms with Gasteiger partial charge in [0, 0.05) is 29.9 Å². The van der Waals surface area contributed by atoms with Gasteiger partial charge in [-0.1, -0.05) is 26.0 Å². The maximum Gasteiger partial charge on any atom is 0.224 e. The Bertz CT molecular complexity index is 639. The van der Waals surface area contributed by atoms with E-state index in [0.717, 1.165) is 30.3 Å². The van der Waals surface area contributed by atoms with Crippen LogP contribution in [0.25, 0.3) is 0 Å². The van der Waals surface area contributed by atoms with Gasteiger partial charge in [-0.15, -0.1) is 0 Å². The van der Waals surface area contributed by atoms with Gasteiger partial charge in [-0.3, -0.25) is 4.79 Å². The number of thioether (sulfide) groups is 1. The highest BCUT2D eigenvalue weighted by molar-refractivity contribution is 8.00. The number of benzene rings is 1. The van der Waals surface area contributed by atoms with Crippen molar-refractivity contribution in [3.05, 3.63) is 29.8 Å². The summed E-state index contributed by atoms with van der Waals surface area (Å²) < 4.78 is 0.302. The Balaban J connectivity index is 1.94. The molecule has 2 rings (SSSR count). The Morgan fingerprint density at radius 2 is 2.15 bits per heavy atom. The number of nitrogens with zero attached hydrogens (tertiary/aromatic N) is 1. The van der Waals surface area contributed by atoms with Crippen LogP contribution < -0.4 is 16.0 Å². The SMILES string of the molecule is CCNC(=NCc1cccc(NC(=O)CC(C)C)c1)NCC1(C)CCCS1. The van der Waals surface area contributed by atoms with E-state index in [9.17, 15) is 4.79 Å². The largest absolute Gasteiger partial charge is 0.357 e. The summed E-state index contributed by atoms with van der Waals surface area (Å²) >= 11 is 2.05. The average molecular weight is 391 g/mol. The Hall–Kier alpha value is -1.69. The van der Waals surface area contributed by atoms with Crippen LogP contribution in [0.2, 0.25) is 0 Å². The van der Waals surface area contributed by atoms with E-state index >= 15 is 0 Å². The minimum absolute atomic E-state index is 0.0583. The van der Waals surface area contributed by atoms with Crippen LogP contribution >= 0.6 is 11.8 Å². The fraction of sp³-hybridized carbons (Fsp3) is 0.619. The molecular formula is C21H34N4OS. The van der Waals surface area contributed by atoms with E-state index in [-0.39, 0.29) is 5.91 Å². The second-order valence-corrected chi connectivity index (χ2v) is 9.48. The summed E-state index contributed by atoms with van der Waals surface area (Å²) in [6.07, 6.45) is 3.09. The lowest BCUT2D eigenvalue weighted by Gasteiger charge is -2.24. The van der Waals surface area contributed by atoms with Crippen molar-refractivity contribution in [3.63, 3.8) is 0 Å². The van der Waals surface area contributed by atoms with E-state index in [0.29, 0.717) is 23.6 Å². The van der Waals surface area contributed by atoms with Gasteiger partial charge in [-0.25, -0.2) is 4.99 Å². The molecule has 0 aliphatic carbocycles. The Morgan fingerprint density at radius 3 is 2.81 bits per heavy atom. The first-order chi connectivity index (χ1) is 12.9. The molecule has 5 nitrogen and oxygen atoms in total. The zero-order chi connectivity index (χ0) is 19.7. The number of aliphatic imine (C=N–C) groups is 1. The lowest BCUT2D eigenvalue weighted by molar-refractivity contribution is -0.116. The number of rotatable bonds is 8. The van der Waals surface area contributed by atoms with Gasteiger partial charge >= 0.3 is 0 Å². The molecule has 1 aliphatic rings.